The summed E-state index contributed by atoms with van der Waals surface area (Å²) in [5.41, 5.74) is 5.47. The van der Waals surface area contributed by atoms with Crippen LogP contribution >= 0.6 is 0 Å². The summed E-state index contributed by atoms with van der Waals surface area (Å²) in [6.45, 7) is 5.82. The van der Waals surface area contributed by atoms with E-state index in [9.17, 15) is 9.59 Å². The van der Waals surface area contributed by atoms with E-state index < -0.39 is 5.97 Å². The van der Waals surface area contributed by atoms with Gasteiger partial charge in [0.2, 0.25) is 5.91 Å². The Kier molecular flexibility index (Phi) is 7.49. The Bertz CT molecular complexity index is 256. The lowest BCUT2D eigenvalue weighted by molar-refractivity contribution is -0.147. The van der Waals surface area contributed by atoms with Gasteiger partial charge in [0.1, 0.15) is 6.54 Å². The fourth-order valence-electron chi connectivity index (χ4n) is 1.46. The topological polar surface area (TPSA) is 92.9 Å². The van der Waals surface area contributed by atoms with Gasteiger partial charge in [-0.15, -0.1) is 0 Å². The SMILES string of the molecule is CCOC(CN)CC(=O)N(CC(=O)O)C(C)C. The standard InChI is InChI=1S/C11H22N2O4/c1-4-17-9(6-12)5-10(14)13(8(2)3)7-11(15)16/h8-9H,4-7,12H2,1-3H3,(H,15,16). The highest BCUT2D eigenvalue weighted by atomic mass is 16.5. The number of nitrogens with two attached hydrogens (primary N) is 1. The van der Waals surface area contributed by atoms with E-state index in [2.05, 4.69) is 0 Å². The molecule has 0 spiro atoms. The number of ether oxygens (including phenoxy) is 1. The number of hydrogen-bond acceptors (Lipinski definition) is 4. The Morgan fingerprint density at radius 3 is 2.35 bits per heavy atom. The molecule has 0 aliphatic heterocycles. The number of carbonyl (C=O) groups excluding carboxylic acids is 1. The van der Waals surface area contributed by atoms with Crippen LogP contribution in [0.5, 0.6) is 0 Å². The summed E-state index contributed by atoms with van der Waals surface area (Å²) >= 11 is 0. The first-order valence-corrected chi connectivity index (χ1v) is 5.75. The summed E-state index contributed by atoms with van der Waals surface area (Å²) in [4.78, 5) is 23.9. The van der Waals surface area contributed by atoms with Crippen molar-refractivity contribution in [1.82, 2.24) is 4.90 Å². The second kappa shape index (κ2) is 8.03. The lowest BCUT2D eigenvalue weighted by atomic mass is 10.2. The van der Waals surface area contributed by atoms with E-state index in [1.165, 1.54) is 4.90 Å². The lowest BCUT2D eigenvalue weighted by Gasteiger charge is -2.26. The maximum absolute atomic E-state index is 11.9. The number of nitrogens with zero attached hydrogens (tertiary/aromatic N) is 1. The van der Waals surface area contributed by atoms with Crippen LogP contribution in [0.15, 0.2) is 0 Å². The van der Waals surface area contributed by atoms with Gasteiger partial charge in [-0.2, -0.15) is 0 Å². The number of carboxylic acid groups (broad SMARTS) is 1. The van der Waals surface area contributed by atoms with Crippen molar-refractivity contribution in [3.8, 4) is 0 Å². The van der Waals surface area contributed by atoms with Crippen molar-refractivity contribution in [2.75, 3.05) is 19.7 Å². The molecule has 6 nitrogen and oxygen atoms in total. The first-order valence-electron chi connectivity index (χ1n) is 5.75. The zero-order chi connectivity index (χ0) is 13.4. The fourth-order valence-corrected chi connectivity index (χ4v) is 1.46. The van der Waals surface area contributed by atoms with Gasteiger partial charge >= 0.3 is 5.97 Å². The van der Waals surface area contributed by atoms with Crippen LogP contribution in [-0.2, 0) is 14.3 Å². The van der Waals surface area contributed by atoms with E-state index in [4.69, 9.17) is 15.6 Å². The van der Waals surface area contributed by atoms with E-state index >= 15 is 0 Å². The lowest BCUT2D eigenvalue weighted by Crippen LogP contribution is -2.43. The van der Waals surface area contributed by atoms with E-state index in [-0.39, 0.29) is 37.6 Å². The Balaban J connectivity index is 4.45. The summed E-state index contributed by atoms with van der Waals surface area (Å²) in [7, 11) is 0. The average molecular weight is 246 g/mol. The molecular weight excluding hydrogens is 224 g/mol. The van der Waals surface area contributed by atoms with Crippen LogP contribution in [-0.4, -0.2) is 53.7 Å². The summed E-state index contributed by atoms with van der Waals surface area (Å²) in [6, 6.07) is -0.154. The Hall–Kier alpha value is -1.14. The van der Waals surface area contributed by atoms with Crippen molar-refractivity contribution in [2.24, 2.45) is 5.73 Å². The van der Waals surface area contributed by atoms with E-state index in [1.807, 2.05) is 6.92 Å². The Labute approximate surface area is 102 Å². The van der Waals surface area contributed by atoms with Crippen LogP contribution < -0.4 is 5.73 Å². The van der Waals surface area contributed by atoms with E-state index in [1.54, 1.807) is 13.8 Å². The molecule has 0 aliphatic rings. The van der Waals surface area contributed by atoms with Gasteiger partial charge in [0.25, 0.3) is 0 Å². The number of rotatable bonds is 8. The first kappa shape index (κ1) is 15.9. The van der Waals surface area contributed by atoms with Crippen LogP contribution in [0.25, 0.3) is 0 Å². The molecule has 0 saturated heterocycles. The van der Waals surface area contributed by atoms with Gasteiger partial charge in [0.15, 0.2) is 0 Å². The summed E-state index contributed by atoms with van der Waals surface area (Å²) in [6.07, 6.45) is -0.224. The van der Waals surface area contributed by atoms with Gasteiger partial charge in [-0.1, -0.05) is 0 Å². The molecule has 0 heterocycles. The van der Waals surface area contributed by atoms with Crippen LogP contribution in [0.4, 0.5) is 0 Å². The van der Waals surface area contributed by atoms with Crippen LogP contribution in [0.1, 0.15) is 27.2 Å². The third kappa shape index (κ3) is 6.23. The van der Waals surface area contributed by atoms with Crippen molar-refractivity contribution >= 4 is 11.9 Å². The molecule has 0 aromatic carbocycles. The molecule has 3 N–H and O–H groups in total. The number of aliphatic carboxylic acids is 1. The first-order chi connectivity index (χ1) is 7.92. The third-order valence-electron chi connectivity index (χ3n) is 2.32. The molecule has 0 aliphatic carbocycles. The molecule has 1 atom stereocenters. The molecule has 0 aromatic heterocycles. The minimum atomic E-state index is -1.02. The molecule has 1 unspecified atom stereocenters. The van der Waals surface area contributed by atoms with Crippen molar-refractivity contribution in [3.63, 3.8) is 0 Å². The monoisotopic (exact) mass is 246 g/mol. The fraction of sp³-hybridized carbons (Fsp3) is 0.818. The summed E-state index contributed by atoms with van der Waals surface area (Å²) in [5, 5.41) is 8.73. The Morgan fingerprint density at radius 2 is 2.00 bits per heavy atom. The normalized spacial score (nSPS) is 12.5. The maximum Gasteiger partial charge on any atom is 0.323 e. The van der Waals surface area contributed by atoms with Crippen LogP contribution in [0.3, 0.4) is 0 Å². The molecule has 1 amide bonds. The number of carboxylic acids is 1. The maximum atomic E-state index is 11.9. The van der Waals surface area contributed by atoms with E-state index in [0.29, 0.717) is 6.61 Å². The minimum Gasteiger partial charge on any atom is -0.480 e. The van der Waals surface area contributed by atoms with Gasteiger partial charge in [0.05, 0.1) is 12.5 Å². The largest absolute Gasteiger partial charge is 0.480 e. The quantitative estimate of drug-likeness (QED) is 0.632. The van der Waals surface area contributed by atoms with E-state index in [0.717, 1.165) is 0 Å². The molecule has 0 fully saturated rings. The highest BCUT2D eigenvalue weighted by Gasteiger charge is 2.22. The molecule has 17 heavy (non-hydrogen) atoms. The van der Waals surface area contributed by atoms with Crippen molar-refractivity contribution in [2.45, 2.75) is 39.3 Å². The smallest absolute Gasteiger partial charge is 0.323 e. The molecule has 0 radical (unpaired) electrons. The van der Waals surface area contributed by atoms with Crippen LogP contribution in [0.2, 0.25) is 0 Å². The predicted octanol–water partition coefficient (Wildman–Crippen LogP) is 0.0619. The number of amides is 1. The average Bonchev–Trinajstić information content (AvgIpc) is 2.24. The van der Waals surface area contributed by atoms with Gasteiger partial charge in [-0.25, -0.2) is 0 Å². The molecule has 0 saturated carbocycles. The zero-order valence-corrected chi connectivity index (χ0v) is 10.7. The van der Waals surface area contributed by atoms with Gasteiger partial charge in [0, 0.05) is 19.2 Å². The van der Waals surface area contributed by atoms with Crippen molar-refractivity contribution < 1.29 is 19.4 Å². The third-order valence-corrected chi connectivity index (χ3v) is 2.32. The molecular formula is C11H22N2O4. The highest BCUT2D eigenvalue weighted by Crippen LogP contribution is 2.06. The highest BCUT2D eigenvalue weighted by molar-refractivity contribution is 5.81. The second-order valence-corrected chi connectivity index (χ2v) is 4.03. The van der Waals surface area contributed by atoms with Gasteiger partial charge in [-0.05, 0) is 20.8 Å². The van der Waals surface area contributed by atoms with Gasteiger partial charge < -0.3 is 20.5 Å². The molecule has 100 valence electrons. The zero-order valence-electron chi connectivity index (χ0n) is 10.7. The van der Waals surface area contributed by atoms with Crippen molar-refractivity contribution in [1.29, 1.82) is 0 Å². The van der Waals surface area contributed by atoms with Crippen molar-refractivity contribution in [3.05, 3.63) is 0 Å². The summed E-state index contributed by atoms with van der Waals surface area (Å²) in [5.74, 6) is -1.26. The Morgan fingerprint density at radius 1 is 1.41 bits per heavy atom. The second-order valence-electron chi connectivity index (χ2n) is 4.03. The summed E-state index contributed by atoms with van der Waals surface area (Å²) < 4.78 is 5.28. The molecule has 0 aromatic rings. The molecule has 0 rings (SSSR count). The van der Waals surface area contributed by atoms with Crippen LogP contribution in [0, 0.1) is 0 Å². The number of carbonyl (C=O) groups is 2. The number of hydrogen-bond donors (Lipinski definition) is 2. The van der Waals surface area contributed by atoms with Gasteiger partial charge in [-0.3, -0.25) is 9.59 Å². The molecule has 0 bridgehead atoms. The minimum absolute atomic E-state index is 0.121. The molecule has 6 heteroatoms. The predicted molar refractivity (Wildman–Crippen MR) is 63.6 cm³/mol.